The lowest BCUT2D eigenvalue weighted by Gasteiger charge is -2.25. The summed E-state index contributed by atoms with van der Waals surface area (Å²) in [6.45, 7) is 1.27. The van der Waals surface area contributed by atoms with E-state index in [2.05, 4.69) is 0 Å². The van der Waals surface area contributed by atoms with Crippen molar-refractivity contribution in [3.63, 3.8) is 0 Å². The second-order valence-corrected chi connectivity index (χ2v) is 2.48. The molecule has 1 amide bonds. The van der Waals surface area contributed by atoms with Crippen LogP contribution >= 0.6 is 0 Å². The van der Waals surface area contributed by atoms with Gasteiger partial charge in [-0.3, -0.25) is 14.9 Å². The second-order valence-electron chi connectivity index (χ2n) is 2.48. The topological polar surface area (TPSA) is 72.7 Å². The van der Waals surface area contributed by atoms with Gasteiger partial charge in [0.25, 0.3) is 12.5 Å². The summed E-state index contributed by atoms with van der Waals surface area (Å²) >= 11 is 0. The molecule has 0 aromatic carbocycles. The Kier molecular flexibility index (Phi) is 2.98. The lowest BCUT2D eigenvalue weighted by atomic mass is 10.4. The normalized spacial score (nSPS) is 17.5. The van der Waals surface area contributed by atoms with Gasteiger partial charge in [-0.1, -0.05) is 0 Å². The molecule has 0 spiro atoms. The standard InChI is InChI=1S/C6H10N2O4/c9-6(5-8(10)11)7-1-3-12-4-2-7/h1-5H2. The Morgan fingerprint density at radius 2 is 2.08 bits per heavy atom. The van der Waals surface area contributed by atoms with Crippen LogP contribution in [-0.2, 0) is 9.53 Å². The summed E-state index contributed by atoms with van der Waals surface area (Å²) in [5.74, 6) is -0.427. The molecule has 0 radical (unpaired) electrons. The van der Waals surface area contributed by atoms with Crippen molar-refractivity contribution in [2.45, 2.75) is 0 Å². The van der Waals surface area contributed by atoms with E-state index in [-0.39, 0.29) is 0 Å². The minimum absolute atomic E-state index is 0.427. The van der Waals surface area contributed by atoms with Crippen molar-refractivity contribution in [2.24, 2.45) is 0 Å². The first-order valence-electron chi connectivity index (χ1n) is 3.67. The summed E-state index contributed by atoms with van der Waals surface area (Å²) in [4.78, 5) is 21.9. The average Bonchev–Trinajstić information content (AvgIpc) is 2.05. The van der Waals surface area contributed by atoms with Crippen molar-refractivity contribution < 1.29 is 14.5 Å². The van der Waals surface area contributed by atoms with Gasteiger partial charge < -0.3 is 9.64 Å². The predicted octanol–water partition coefficient (Wildman–Crippen LogP) is -0.878. The van der Waals surface area contributed by atoms with Gasteiger partial charge in [-0.05, 0) is 0 Å². The number of nitrogens with zero attached hydrogens (tertiary/aromatic N) is 2. The van der Waals surface area contributed by atoms with Gasteiger partial charge in [0, 0.05) is 18.0 Å². The highest BCUT2D eigenvalue weighted by molar-refractivity contribution is 5.77. The van der Waals surface area contributed by atoms with Crippen molar-refractivity contribution in [3.8, 4) is 0 Å². The minimum Gasteiger partial charge on any atom is -0.378 e. The van der Waals surface area contributed by atoms with E-state index < -0.39 is 17.4 Å². The zero-order valence-electron chi connectivity index (χ0n) is 6.56. The molecule has 0 bridgehead atoms. The van der Waals surface area contributed by atoms with Crippen LogP contribution in [0.4, 0.5) is 0 Å². The van der Waals surface area contributed by atoms with Crippen LogP contribution in [0.1, 0.15) is 0 Å². The number of hydrogen-bond donors (Lipinski definition) is 0. The van der Waals surface area contributed by atoms with Crippen LogP contribution in [0.15, 0.2) is 0 Å². The molecule has 0 saturated carbocycles. The Labute approximate surface area is 69.2 Å². The van der Waals surface area contributed by atoms with Crippen molar-refractivity contribution in [2.75, 3.05) is 32.8 Å². The lowest BCUT2D eigenvalue weighted by Crippen LogP contribution is -2.43. The first-order valence-corrected chi connectivity index (χ1v) is 3.67. The molecule has 0 aliphatic carbocycles. The van der Waals surface area contributed by atoms with Gasteiger partial charge >= 0.3 is 0 Å². The molecule has 1 aliphatic rings. The molecule has 6 heteroatoms. The quantitative estimate of drug-likeness (QED) is 0.402. The van der Waals surface area contributed by atoms with Crippen LogP contribution in [0.3, 0.4) is 0 Å². The van der Waals surface area contributed by atoms with Crippen LogP contribution in [0, 0.1) is 10.1 Å². The third-order valence-electron chi connectivity index (χ3n) is 1.63. The highest BCUT2D eigenvalue weighted by Gasteiger charge is 2.20. The van der Waals surface area contributed by atoms with E-state index in [1.807, 2.05) is 0 Å². The fourth-order valence-electron chi connectivity index (χ4n) is 1.02. The maximum atomic E-state index is 11.0. The third kappa shape index (κ3) is 2.46. The molecule has 68 valence electrons. The Morgan fingerprint density at radius 3 is 2.58 bits per heavy atom. The largest absolute Gasteiger partial charge is 0.378 e. The van der Waals surface area contributed by atoms with Crippen molar-refractivity contribution in [1.82, 2.24) is 4.90 Å². The molecule has 1 fully saturated rings. The number of carbonyl (C=O) groups excluding carboxylic acids is 1. The second kappa shape index (κ2) is 4.01. The number of hydrogen-bond acceptors (Lipinski definition) is 4. The van der Waals surface area contributed by atoms with E-state index in [1.165, 1.54) is 4.90 Å². The highest BCUT2D eigenvalue weighted by atomic mass is 16.6. The van der Waals surface area contributed by atoms with Crippen molar-refractivity contribution in [1.29, 1.82) is 0 Å². The van der Waals surface area contributed by atoms with Crippen molar-refractivity contribution in [3.05, 3.63) is 10.1 Å². The molecule has 0 unspecified atom stereocenters. The van der Waals surface area contributed by atoms with Crippen LogP contribution in [0.2, 0.25) is 0 Å². The van der Waals surface area contributed by atoms with Crippen LogP contribution in [0.5, 0.6) is 0 Å². The predicted molar refractivity (Wildman–Crippen MR) is 39.3 cm³/mol. The lowest BCUT2D eigenvalue weighted by molar-refractivity contribution is -0.469. The number of morpholine rings is 1. The van der Waals surface area contributed by atoms with Gasteiger partial charge in [0.2, 0.25) is 0 Å². The zero-order chi connectivity index (χ0) is 8.97. The van der Waals surface area contributed by atoms with Gasteiger partial charge in [0.1, 0.15) is 0 Å². The number of ether oxygens (including phenoxy) is 1. The van der Waals surface area contributed by atoms with E-state index in [1.54, 1.807) is 0 Å². The van der Waals surface area contributed by atoms with Gasteiger partial charge in [-0.25, -0.2) is 0 Å². The monoisotopic (exact) mass is 174 g/mol. The SMILES string of the molecule is O=C(C[N+](=O)[O-])N1CCOCC1. The molecular weight excluding hydrogens is 164 g/mol. The molecule has 0 aromatic rings. The molecule has 1 aliphatic heterocycles. The third-order valence-corrected chi connectivity index (χ3v) is 1.63. The fourth-order valence-corrected chi connectivity index (χ4v) is 1.02. The molecule has 6 nitrogen and oxygen atoms in total. The number of rotatable bonds is 2. The molecule has 1 rings (SSSR count). The number of carbonyl (C=O) groups is 1. The average molecular weight is 174 g/mol. The summed E-state index contributed by atoms with van der Waals surface area (Å²) in [6, 6.07) is 0. The van der Waals surface area contributed by atoms with E-state index in [9.17, 15) is 14.9 Å². The maximum absolute atomic E-state index is 11.0. The van der Waals surface area contributed by atoms with Crippen molar-refractivity contribution >= 4 is 5.91 Å². The summed E-state index contributed by atoms with van der Waals surface area (Å²) in [7, 11) is 0. The molecule has 1 heterocycles. The maximum Gasteiger partial charge on any atom is 0.294 e. The molecule has 1 saturated heterocycles. The van der Waals surface area contributed by atoms with Crippen LogP contribution in [-0.4, -0.2) is 48.6 Å². The summed E-state index contributed by atoms with van der Waals surface area (Å²) in [6.07, 6.45) is 0. The van der Waals surface area contributed by atoms with Gasteiger partial charge in [0.05, 0.1) is 13.2 Å². The van der Waals surface area contributed by atoms with E-state index >= 15 is 0 Å². The summed E-state index contributed by atoms with van der Waals surface area (Å²) in [5, 5.41) is 9.98. The van der Waals surface area contributed by atoms with E-state index in [4.69, 9.17) is 4.74 Å². The van der Waals surface area contributed by atoms with Crippen LogP contribution < -0.4 is 0 Å². The Balaban J connectivity index is 2.34. The van der Waals surface area contributed by atoms with Crippen LogP contribution in [0.25, 0.3) is 0 Å². The fraction of sp³-hybridized carbons (Fsp3) is 0.833. The van der Waals surface area contributed by atoms with E-state index in [0.717, 1.165) is 0 Å². The molecular formula is C6H10N2O4. The summed E-state index contributed by atoms with van der Waals surface area (Å²) in [5.41, 5.74) is 0. The Bertz CT molecular complexity index is 188. The Hall–Kier alpha value is -1.17. The molecule has 0 aromatic heterocycles. The van der Waals surface area contributed by atoms with E-state index in [0.29, 0.717) is 26.3 Å². The van der Waals surface area contributed by atoms with Gasteiger partial charge in [-0.2, -0.15) is 0 Å². The smallest absolute Gasteiger partial charge is 0.294 e. The van der Waals surface area contributed by atoms with Gasteiger partial charge in [0.15, 0.2) is 0 Å². The molecule has 0 N–H and O–H groups in total. The van der Waals surface area contributed by atoms with Gasteiger partial charge in [-0.15, -0.1) is 0 Å². The number of amides is 1. The zero-order valence-corrected chi connectivity index (χ0v) is 6.56. The summed E-state index contributed by atoms with van der Waals surface area (Å²) < 4.78 is 4.99. The molecule has 12 heavy (non-hydrogen) atoms. The number of nitro groups is 1. The first-order chi connectivity index (χ1) is 5.70. The Morgan fingerprint density at radius 1 is 1.50 bits per heavy atom. The highest BCUT2D eigenvalue weighted by Crippen LogP contribution is 1.96. The minimum atomic E-state index is -0.613. The molecule has 0 atom stereocenters. The first kappa shape index (κ1) is 8.92.